The average molecular weight is 332 g/mol. The minimum absolute atomic E-state index is 0.00488. The van der Waals surface area contributed by atoms with Crippen LogP contribution < -0.4 is 10.9 Å². The number of nitrogens with zero attached hydrogens (tertiary/aromatic N) is 2. The van der Waals surface area contributed by atoms with E-state index in [1.807, 2.05) is 13.8 Å². The second-order valence-electron chi connectivity index (χ2n) is 5.10. The summed E-state index contributed by atoms with van der Waals surface area (Å²) in [4.78, 5) is 12.0. The first-order valence-corrected chi connectivity index (χ1v) is 7.03. The van der Waals surface area contributed by atoms with Gasteiger partial charge in [0.15, 0.2) is 0 Å². The van der Waals surface area contributed by atoms with Crippen molar-refractivity contribution >= 4 is 21.6 Å². The molecule has 6 nitrogen and oxygen atoms in total. The number of aromatic nitrogens is 2. The number of nitrogens with one attached hydrogen (secondary N) is 1. The predicted molar refractivity (Wildman–Crippen MR) is 75.5 cm³/mol. The summed E-state index contributed by atoms with van der Waals surface area (Å²) in [6.07, 6.45) is 2.18. The summed E-state index contributed by atoms with van der Waals surface area (Å²) in [5.41, 5.74) is -0.469. The zero-order chi connectivity index (χ0) is 14.0. The van der Waals surface area contributed by atoms with Crippen molar-refractivity contribution in [2.24, 2.45) is 0 Å². The van der Waals surface area contributed by atoms with E-state index in [1.165, 1.54) is 4.68 Å². The molecule has 1 atom stereocenters. The van der Waals surface area contributed by atoms with E-state index in [-0.39, 0.29) is 11.6 Å². The Bertz CT molecular complexity index is 509. The molecule has 0 amide bonds. The lowest BCUT2D eigenvalue weighted by Crippen LogP contribution is -2.38. The van der Waals surface area contributed by atoms with Gasteiger partial charge in [-0.3, -0.25) is 4.79 Å². The van der Waals surface area contributed by atoms with E-state index in [0.717, 1.165) is 0 Å². The van der Waals surface area contributed by atoms with Crippen LogP contribution in [0.5, 0.6) is 0 Å². The molecule has 1 aromatic heterocycles. The lowest BCUT2D eigenvalue weighted by molar-refractivity contribution is 0.0382. The second-order valence-corrected chi connectivity index (χ2v) is 5.89. The topological polar surface area (TPSA) is 76.4 Å². The first-order valence-electron chi connectivity index (χ1n) is 6.24. The third kappa shape index (κ3) is 3.16. The monoisotopic (exact) mass is 331 g/mol. The van der Waals surface area contributed by atoms with Crippen LogP contribution in [0.25, 0.3) is 0 Å². The molecule has 2 rings (SSSR count). The highest BCUT2D eigenvalue weighted by atomic mass is 79.9. The van der Waals surface area contributed by atoms with Crippen molar-refractivity contribution < 1.29 is 9.84 Å². The highest BCUT2D eigenvalue weighted by molar-refractivity contribution is 9.10. The largest absolute Gasteiger partial charge is 0.386 e. The Balaban J connectivity index is 2.13. The zero-order valence-electron chi connectivity index (χ0n) is 11.0. The van der Waals surface area contributed by atoms with Crippen LogP contribution in [0, 0.1) is 0 Å². The number of halogens is 1. The molecule has 0 spiro atoms. The van der Waals surface area contributed by atoms with Crippen molar-refractivity contribution in [3.8, 4) is 0 Å². The molecule has 1 fully saturated rings. The molecule has 1 unspecified atom stereocenters. The second kappa shape index (κ2) is 5.60. The van der Waals surface area contributed by atoms with Crippen molar-refractivity contribution in [3.05, 3.63) is 21.0 Å². The molecule has 0 saturated carbocycles. The molecule has 1 aliphatic heterocycles. The van der Waals surface area contributed by atoms with E-state index in [1.54, 1.807) is 6.20 Å². The van der Waals surface area contributed by atoms with Gasteiger partial charge in [0.05, 0.1) is 24.5 Å². The summed E-state index contributed by atoms with van der Waals surface area (Å²) < 4.78 is 7.00. The van der Waals surface area contributed by atoms with Crippen LogP contribution in [-0.2, 0) is 4.74 Å². The Hall–Kier alpha value is -0.920. The van der Waals surface area contributed by atoms with Crippen molar-refractivity contribution in [1.82, 2.24) is 9.78 Å². The first-order chi connectivity index (χ1) is 8.93. The van der Waals surface area contributed by atoms with Crippen molar-refractivity contribution in [1.29, 1.82) is 0 Å². The molecule has 0 bridgehead atoms. The normalized spacial score (nSPS) is 23.0. The highest BCUT2D eigenvalue weighted by Gasteiger charge is 2.32. The van der Waals surface area contributed by atoms with Gasteiger partial charge in [0, 0.05) is 19.6 Å². The quantitative estimate of drug-likeness (QED) is 0.865. The average Bonchev–Trinajstić information content (AvgIpc) is 2.78. The smallest absolute Gasteiger partial charge is 0.283 e. The fourth-order valence-corrected chi connectivity index (χ4v) is 2.36. The molecular weight excluding hydrogens is 314 g/mol. The maximum atomic E-state index is 12.0. The third-order valence-corrected chi connectivity index (χ3v) is 3.89. The van der Waals surface area contributed by atoms with Crippen LogP contribution >= 0.6 is 15.9 Å². The van der Waals surface area contributed by atoms with Crippen LogP contribution in [0.15, 0.2) is 15.5 Å². The number of rotatable bonds is 4. The SMILES string of the molecule is CC(C)n1ncc(NCC2(O)CCOC2)c(Br)c1=O. The van der Waals surface area contributed by atoms with Gasteiger partial charge in [-0.25, -0.2) is 4.68 Å². The van der Waals surface area contributed by atoms with Crippen molar-refractivity contribution in [2.45, 2.75) is 31.9 Å². The Morgan fingerprint density at radius 3 is 3.00 bits per heavy atom. The molecule has 7 heteroatoms. The number of hydrogen-bond donors (Lipinski definition) is 2. The predicted octanol–water partition coefficient (Wildman–Crippen LogP) is 1.15. The molecular formula is C12H18BrN3O3. The summed E-state index contributed by atoms with van der Waals surface area (Å²) in [5, 5.41) is 17.3. The van der Waals surface area contributed by atoms with Gasteiger partial charge < -0.3 is 15.2 Å². The van der Waals surface area contributed by atoms with E-state index in [4.69, 9.17) is 4.74 Å². The Labute approximate surface area is 119 Å². The summed E-state index contributed by atoms with van der Waals surface area (Å²) >= 11 is 3.28. The van der Waals surface area contributed by atoms with Crippen LogP contribution in [0.2, 0.25) is 0 Å². The van der Waals surface area contributed by atoms with E-state index in [2.05, 4.69) is 26.3 Å². The molecule has 1 aliphatic rings. The Kier molecular flexibility index (Phi) is 4.27. The third-order valence-electron chi connectivity index (χ3n) is 3.12. The minimum Gasteiger partial charge on any atom is -0.386 e. The molecule has 1 saturated heterocycles. The molecule has 0 radical (unpaired) electrons. The van der Waals surface area contributed by atoms with Crippen LogP contribution in [-0.4, -0.2) is 40.2 Å². The number of ether oxygens (including phenoxy) is 1. The van der Waals surface area contributed by atoms with Gasteiger partial charge in [-0.2, -0.15) is 5.10 Å². The summed E-state index contributed by atoms with van der Waals surface area (Å²) in [6, 6.07) is 0.00488. The van der Waals surface area contributed by atoms with E-state index in [0.29, 0.717) is 36.3 Å². The maximum Gasteiger partial charge on any atom is 0.283 e. The van der Waals surface area contributed by atoms with Crippen LogP contribution in [0.4, 0.5) is 5.69 Å². The minimum atomic E-state index is -0.869. The van der Waals surface area contributed by atoms with Gasteiger partial charge in [-0.05, 0) is 29.8 Å². The Morgan fingerprint density at radius 1 is 1.68 bits per heavy atom. The fourth-order valence-electron chi connectivity index (χ4n) is 1.93. The van der Waals surface area contributed by atoms with E-state index >= 15 is 0 Å². The van der Waals surface area contributed by atoms with Crippen molar-refractivity contribution in [2.75, 3.05) is 25.1 Å². The lowest BCUT2D eigenvalue weighted by atomic mass is 10.0. The van der Waals surface area contributed by atoms with Crippen LogP contribution in [0.3, 0.4) is 0 Å². The molecule has 19 heavy (non-hydrogen) atoms. The lowest BCUT2D eigenvalue weighted by Gasteiger charge is -2.22. The highest BCUT2D eigenvalue weighted by Crippen LogP contribution is 2.22. The van der Waals surface area contributed by atoms with Gasteiger partial charge in [-0.1, -0.05) is 0 Å². The summed E-state index contributed by atoms with van der Waals surface area (Å²) in [7, 11) is 0. The van der Waals surface area contributed by atoms with Crippen LogP contribution in [0.1, 0.15) is 26.3 Å². The Morgan fingerprint density at radius 2 is 2.42 bits per heavy atom. The van der Waals surface area contributed by atoms with Gasteiger partial charge in [-0.15, -0.1) is 0 Å². The van der Waals surface area contributed by atoms with E-state index < -0.39 is 5.60 Å². The molecule has 1 aromatic rings. The first kappa shape index (κ1) is 14.5. The molecule has 0 aromatic carbocycles. The number of anilines is 1. The number of hydrogen-bond acceptors (Lipinski definition) is 5. The van der Waals surface area contributed by atoms with E-state index in [9.17, 15) is 9.90 Å². The number of aliphatic hydroxyl groups is 1. The van der Waals surface area contributed by atoms with Crippen molar-refractivity contribution in [3.63, 3.8) is 0 Å². The summed E-state index contributed by atoms with van der Waals surface area (Å²) in [6.45, 7) is 5.00. The maximum absolute atomic E-state index is 12.0. The van der Waals surface area contributed by atoms with Gasteiger partial charge in [0.2, 0.25) is 0 Å². The standard InChI is InChI=1S/C12H18BrN3O3/c1-8(2)16-11(17)10(13)9(5-15-16)14-6-12(18)3-4-19-7-12/h5,8,14,18H,3-4,6-7H2,1-2H3. The zero-order valence-corrected chi connectivity index (χ0v) is 12.6. The molecule has 2 N–H and O–H groups in total. The molecule has 0 aliphatic carbocycles. The molecule has 106 valence electrons. The summed E-state index contributed by atoms with van der Waals surface area (Å²) in [5.74, 6) is 0. The fraction of sp³-hybridized carbons (Fsp3) is 0.667. The van der Waals surface area contributed by atoms with Gasteiger partial charge >= 0.3 is 0 Å². The van der Waals surface area contributed by atoms with Gasteiger partial charge in [0.25, 0.3) is 5.56 Å². The molecule has 2 heterocycles. The van der Waals surface area contributed by atoms with Gasteiger partial charge in [0.1, 0.15) is 10.1 Å².